The Labute approximate surface area is 102 Å². The number of methoxy groups -OCH3 is 1. The molecule has 0 aliphatic carbocycles. The van der Waals surface area contributed by atoms with Crippen LogP contribution in [0.3, 0.4) is 0 Å². The summed E-state index contributed by atoms with van der Waals surface area (Å²) in [6, 6.07) is 9.47. The molecule has 0 aliphatic heterocycles. The Kier molecular flexibility index (Phi) is 3.90. The SMILES string of the molecule is COC(=O)C(C#N)c1ccc(C(C)(C)C)cc1. The number of nitriles is 1. The van der Waals surface area contributed by atoms with Crippen molar-refractivity contribution >= 4 is 5.97 Å². The van der Waals surface area contributed by atoms with Crippen molar-refractivity contribution in [2.24, 2.45) is 0 Å². The van der Waals surface area contributed by atoms with Crippen LogP contribution in [0.4, 0.5) is 0 Å². The lowest BCUT2D eigenvalue weighted by atomic mass is 9.86. The predicted octanol–water partition coefficient (Wildman–Crippen LogP) is 2.76. The fourth-order valence-corrected chi connectivity index (χ4v) is 1.56. The summed E-state index contributed by atoms with van der Waals surface area (Å²) in [6.45, 7) is 6.35. The number of ether oxygens (including phenoxy) is 1. The zero-order valence-corrected chi connectivity index (χ0v) is 10.7. The van der Waals surface area contributed by atoms with Crippen molar-refractivity contribution in [2.45, 2.75) is 32.1 Å². The molecule has 0 heterocycles. The van der Waals surface area contributed by atoms with Crippen molar-refractivity contribution < 1.29 is 9.53 Å². The quantitative estimate of drug-likeness (QED) is 0.735. The number of esters is 1. The van der Waals surface area contributed by atoms with Crippen LogP contribution in [0.1, 0.15) is 37.8 Å². The fourth-order valence-electron chi connectivity index (χ4n) is 1.56. The van der Waals surface area contributed by atoms with Gasteiger partial charge in [-0.05, 0) is 16.5 Å². The van der Waals surface area contributed by atoms with Gasteiger partial charge in [-0.25, -0.2) is 0 Å². The van der Waals surface area contributed by atoms with Crippen molar-refractivity contribution in [3.05, 3.63) is 35.4 Å². The van der Waals surface area contributed by atoms with E-state index in [0.29, 0.717) is 5.56 Å². The molecule has 0 saturated carbocycles. The summed E-state index contributed by atoms with van der Waals surface area (Å²) in [4.78, 5) is 11.4. The lowest BCUT2D eigenvalue weighted by molar-refractivity contribution is -0.140. The van der Waals surface area contributed by atoms with Gasteiger partial charge >= 0.3 is 5.97 Å². The van der Waals surface area contributed by atoms with Crippen LogP contribution in [0.2, 0.25) is 0 Å². The van der Waals surface area contributed by atoms with Crippen LogP contribution in [-0.4, -0.2) is 13.1 Å². The van der Waals surface area contributed by atoms with Gasteiger partial charge in [-0.1, -0.05) is 45.0 Å². The Hall–Kier alpha value is -1.82. The standard InChI is InChI=1S/C14H17NO2/c1-14(2,3)11-7-5-10(6-8-11)12(9-15)13(16)17-4/h5-8,12H,1-4H3. The Balaban J connectivity index is 3.02. The first-order valence-electron chi connectivity index (χ1n) is 5.48. The van der Waals surface area contributed by atoms with Gasteiger partial charge in [0.05, 0.1) is 13.2 Å². The van der Waals surface area contributed by atoms with Crippen molar-refractivity contribution in [1.29, 1.82) is 5.26 Å². The maximum Gasteiger partial charge on any atom is 0.327 e. The van der Waals surface area contributed by atoms with E-state index >= 15 is 0 Å². The molecule has 3 heteroatoms. The van der Waals surface area contributed by atoms with Gasteiger partial charge in [-0.2, -0.15) is 5.26 Å². The second-order valence-corrected chi connectivity index (χ2v) is 4.96. The molecule has 0 N–H and O–H groups in total. The van der Waals surface area contributed by atoms with Crippen LogP contribution >= 0.6 is 0 Å². The summed E-state index contributed by atoms with van der Waals surface area (Å²) in [5.74, 6) is -1.36. The molecule has 1 rings (SSSR count). The summed E-state index contributed by atoms with van der Waals surface area (Å²) in [7, 11) is 1.29. The van der Waals surface area contributed by atoms with Crippen LogP contribution in [0.15, 0.2) is 24.3 Å². The van der Waals surface area contributed by atoms with Gasteiger partial charge in [0.15, 0.2) is 5.92 Å². The molecule has 0 fully saturated rings. The molecule has 0 saturated heterocycles. The summed E-state index contributed by atoms with van der Waals surface area (Å²) < 4.78 is 4.59. The van der Waals surface area contributed by atoms with Crippen molar-refractivity contribution in [3.63, 3.8) is 0 Å². The number of carbonyl (C=O) groups excluding carboxylic acids is 1. The molecule has 17 heavy (non-hydrogen) atoms. The van der Waals surface area contributed by atoms with E-state index in [9.17, 15) is 4.79 Å². The molecule has 0 aliphatic rings. The lowest BCUT2D eigenvalue weighted by Gasteiger charge is -2.19. The lowest BCUT2D eigenvalue weighted by Crippen LogP contribution is -2.14. The van der Waals surface area contributed by atoms with E-state index in [2.05, 4.69) is 25.5 Å². The highest BCUT2D eigenvalue weighted by molar-refractivity contribution is 5.81. The predicted molar refractivity (Wildman–Crippen MR) is 65.5 cm³/mol. The topological polar surface area (TPSA) is 50.1 Å². The van der Waals surface area contributed by atoms with Crippen molar-refractivity contribution in [1.82, 2.24) is 0 Å². The minimum atomic E-state index is -0.839. The summed E-state index contributed by atoms with van der Waals surface area (Å²) in [5, 5.41) is 8.96. The first-order valence-corrected chi connectivity index (χ1v) is 5.48. The molecule has 0 radical (unpaired) electrons. The summed E-state index contributed by atoms with van der Waals surface area (Å²) >= 11 is 0. The number of rotatable bonds is 2. The summed E-state index contributed by atoms with van der Waals surface area (Å²) in [6.07, 6.45) is 0. The minimum Gasteiger partial charge on any atom is -0.468 e. The second-order valence-electron chi connectivity index (χ2n) is 4.96. The van der Waals surface area contributed by atoms with Gasteiger partial charge in [0.2, 0.25) is 0 Å². The van der Waals surface area contributed by atoms with Gasteiger partial charge in [-0.15, -0.1) is 0 Å². The fraction of sp³-hybridized carbons (Fsp3) is 0.429. The zero-order chi connectivity index (χ0) is 13.1. The number of hydrogen-bond acceptors (Lipinski definition) is 3. The highest BCUT2D eigenvalue weighted by Crippen LogP contribution is 2.24. The normalized spacial score (nSPS) is 12.6. The van der Waals surface area contributed by atoms with Crippen molar-refractivity contribution in [3.8, 4) is 6.07 Å². The molecule has 0 aromatic heterocycles. The Morgan fingerprint density at radius 3 is 2.18 bits per heavy atom. The van der Waals surface area contributed by atoms with Gasteiger partial charge in [-0.3, -0.25) is 4.79 Å². The average molecular weight is 231 g/mol. The molecule has 1 atom stereocenters. The average Bonchev–Trinajstić information content (AvgIpc) is 2.29. The minimum absolute atomic E-state index is 0.0614. The third kappa shape index (κ3) is 3.07. The third-order valence-corrected chi connectivity index (χ3v) is 2.68. The molecule has 90 valence electrons. The highest BCUT2D eigenvalue weighted by atomic mass is 16.5. The third-order valence-electron chi connectivity index (χ3n) is 2.68. The number of benzene rings is 1. The zero-order valence-electron chi connectivity index (χ0n) is 10.7. The largest absolute Gasteiger partial charge is 0.468 e. The van der Waals surface area contributed by atoms with Crippen LogP contribution in [0.5, 0.6) is 0 Å². The van der Waals surface area contributed by atoms with Gasteiger partial charge < -0.3 is 4.74 Å². The maximum absolute atomic E-state index is 11.4. The monoisotopic (exact) mass is 231 g/mol. The maximum atomic E-state index is 11.4. The van der Waals surface area contributed by atoms with Crippen LogP contribution in [-0.2, 0) is 14.9 Å². The summed E-state index contributed by atoms with van der Waals surface area (Å²) in [5.41, 5.74) is 1.90. The smallest absolute Gasteiger partial charge is 0.327 e. The molecule has 0 bridgehead atoms. The van der Waals surface area contributed by atoms with E-state index in [1.165, 1.54) is 12.7 Å². The molecule has 1 aromatic carbocycles. The van der Waals surface area contributed by atoms with E-state index in [0.717, 1.165) is 0 Å². The Morgan fingerprint density at radius 1 is 1.29 bits per heavy atom. The van der Waals surface area contributed by atoms with E-state index in [-0.39, 0.29) is 5.41 Å². The molecular weight excluding hydrogens is 214 g/mol. The van der Waals surface area contributed by atoms with E-state index in [1.54, 1.807) is 0 Å². The van der Waals surface area contributed by atoms with Gasteiger partial charge in [0.1, 0.15) is 0 Å². The first kappa shape index (κ1) is 13.2. The molecule has 0 spiro atoms. The Bertz CT molecular complexity index is 435. The number of hydrogen-bond donors (Lipinski definition) is 0. The Morgan fingerprint density at radius 2 is 1.82 bits per heavy atom. The van der Waals surface area contributed by atoms with E-state index in [1.807, 2.05) is 30.3 Å². The van der Waals surface area contributed by atoms with Crippen LogP contribution in [0, 0.1) is 11.3 Å². The molecule has 0 amide bonds. The molecule has 1 aromatic rings. The molecule has 3 nitrogen and oxygen atoms in total. The highest BCUT2D eigenvalue weighted by Gasteiger charge is 2.21. The van der Waals surface area contributed by atoms with Crippen molar-refractivity contribution in [2.75, 3.05) is 7.11 Å². The second kappa shape index (κ2) is 5.01. The van der Waals surface area contributed by atoms with Gasteiger partial charge in [0.25, 0.3) is 0 Å². The van der Waals surface area contributed by atoms with Crippen LogP contribution in [0.25, 0.3) is 0 Å². The van der Waals surface area contributed by atoms with E-state index < -0.39 is 11.9 Å². The van der Waals surface area contributed by atoms with Gasteiger partial charge in [0, 0.05) is 0 Å². The first-order chi connectivity index (χ1) is 7.90. The molecule has 1 unspecified atom stereocenters. The van der Waals surface area contributed by atoms with E-state index in [4.69, 9.17) is 5.26 Å². The molecular formula is C14H17NO2. The van der Waals surface area contributed by atoms with Crippen LogP contribution < -0.4 is 0 Å². The number of carbonyl (C=O) groups is 1. The number of nitrogens with zero attached hydrogens (tertiary/aromatic N) is 1.